The monoisotopic (exact) mass is 380 g/mol. The van der Waals surface area contributed by atoms with Crippen molar-refractivity contribution in [3.05, 3.63) is 65.7 Å². The SMILES string of the molecule is CCOc1cccc(CNC2CCN(C(=O)C(CC)c3ccccc3)CC2)c1. The van der Waals surface area contributed by atoms with Crippen LogP contribution in [-0.4, -0.2) is 36.5 Å². The van der Waals surface area contributed by atoms with Crippen molar-refractivity contribution in [2.24, 2.45) is 0 Å². The summed E-state index contributed by atoms with van der Waals surface area (Å²) in [6, 6.07) is 18.9. The highest BCUT2D eigenvalue weighted by atomic mass is 16.5. The molecule has 1 unspecified atom stereocenters. The van der Waals surface area contributed by atoms with Gasteiger partial charge in [-0.15, -0.1) is 0 Å². The molecule has 1 N–H and O–H groups in total. The summed E-state index contributed by atoms with van der Waals surface area (Å²) in [4.78, 5) is 15.1. The van der Waals surface area contributed by atoms with Crippen LogP contribution >= 0.6 is 0 Å². The quantitative estimate of drug-likeness (QED) is 0.740. The van der Waals surface area contributed by atoms with E-state index in [9.17, 15) is 4.79 Å². The molecule has 1 atom stereocenters. The number of rotatable bonds is 8. The molecule has 1 fully saturated rings. The van der Waals surface area contributed by atoms with Crippen molar-refractivity contribution >= 4 is 5.91 Å². The van der Waals surface area contributed by atoms with Crippen molar-refractivity contribution in [2.75, 3.05) is 19.7 Å². The molecule has 1 heterocycles. The fourth-order valence-corrected chi connectivity index (χ4v) is 3.94. The van der Waals surface area contributed by atoms with Crippen LogP contribution in [0.1, 0.15) is 50.2 Å². The van der Waals surface area contributed by atoms with E-state index in [1.54, 1.807) is 0 Å². The van der Waals surface area contributed by atoms with Crippen LogP contribution in [-0.2, 0) is 11.3 Å². The minimum Gasteiger partial charge on any atom is -0.494 e. The van der Waals surface area contributed by atoms with Crippen LogP contribution in [0.15, 0.2) is 54.6 Å². The molecule has 0 aromatic heterocycles. The molecule has 0 spiro atoms. The van der Waals surface area contributed by atoms with Gasteiger partial charge in [-0.2, -0.15) is 0 Å². The number of ether oxygens (including phenoxy) is 1. The second kappa shape index (κ2) is 10.3. The van der Waals surface area contributed by atoms with Gasteiger partial charge in [0.25, 0.3) is 0 Å². The molecule has 1 saturated heterocycles. The first-order valence-corrected chi connectivity index (χ1v) is 10.5. The summed E-state index contributed by atoms with van der Waals surface area (Å²) in [5, 5.41) is 3.65. The lowest BCUT2D eigenvalue weighted by Gasteiger charge is -2.34. The predicted octanol–water partition coefficient (Wildman–Crippen LogP) is 4.36. The van der Waals surface area contributed by atoms with E-state index in [0.717, 1.165) is 50.2 Å². The van der Waals surface area contributed by atoms with Gasteiger partial charge in [0.2, 0.25) is 5.91 Å². The van der Waals surface area contributed by atoms with Gasteiger partial charge in [-0.25, -0.2) is 0 Å². The number of amides is 1. The van der Waals surface area contributed by atoms with E-state index in [0.29, 0.717) is 12.6 Å². The summed E-state index contributed by atoms with van der Waals surface area (Å²) in [7, 11) is 0. The highest BCUT2D eigenvalue weighted by Crippen LogP contribution is 2.24. The van der Waals surface area contributed by atoms with E-state index in [2.05, 4.69) is 41.4 Å². The summed E-state index contributed by atoms with van der Waals surface area (Å²) in [6.07, 6.45) is 2.85. The topological polar surface area (TPSA) is 41.6 Å². The van der Waals surface area contributed by atoms with E-state index < -0.39 is 0 Å². The van der Waals surface area contributed by atoms with Crippen molar-refractivity contribution in [3.8, 4) is 5.75 Å². The lowest BCUT2D eigenvalue weighted by molar-refractivity contribution is -0.134. The fraction of sp³-hybridized carbons (Fsp3) is 0.458. The molecular weight excluding hydrogens is 348 g/mol. The Hall–Kier alpha value is -2.33. The van der Waals surface area contributed by atoms with Gasteiger partial charge in [-0.1, -0.05) is 49.4 Å². The van der Waals surface area contributed by atoms with Crippen molar-refractivity contribution < 1.29 is 9.53 Å². The molecule has 0 aliphatic carbocycles. The van der Waals surface area contributed by atoms with Gasteiger partial charge >= 0.3 is 0 Å². The normalized spacial score (nSPS) is 16.0. The molecule has 1 aliphatic rings. The van der Waals surface area contributed by atoms with Crippen LogP contribution in [0.3, 0.4) is 0 Å². The number of nitrogens with one attached hydrogen (secondary N) is 1. The molecule has 150 valence electrons. The second-order valence-corrected chi connectivity index (χ2v) is 7.43. The molecular formula is C24H32N2O2. The standard InChI is InChI=1S/C24H32N2O2/c1-3-23(20-10-6-5-7-11-20)24(27)26-15-13-21(14-16-26)25-18-19-9-8-12-22(17-19)28-4-2/h5-12,17,21,23,25H,3-4,13-16,18H2,1-2H3. The Labute approximate surface area is 168 Å². The Kier molecular flexibility index (Phi) is 7.49. The third-order valence-corrected chi connectivity index (χ3v) is 5.52. The zero-order valence-electron chi connectivity index (χ0n) is 17.1. The maximum atomic E-state index is 13.0. The Morgan fingerprint density at radius 3 is 2.54 bits per heavy atom. The van der Waals surface area contributed by atoms with Crippen LogP contribution in [0.2, 0.25) is 0 Å². The van der Waals surface area contributed by atoms with E-state index in [4.69, 9.17) is 4.74 Å². The van der Waals surface area contributed by atoms with Crippen LogP contribution in [0, 0.1) is 0 Å². The Morgan fingerprint density at radius 2 is 1.86 bits per heavy atom. The Bertz CT molecular complexity index is 739. The molecule has 0 bridgehead atoms. The van der Waals surface area contributed by atoms with Gasteiger partial charge in [-0.3, -0.25) is 4.79 Å². The minimum absolute atomic E-state index is 0.0213. The molecule has 4 nitrogen and oxygen atoms in total. The fourth-order valence-electron chi connectivity index (χ4n) is 3.94. The Balaban J connectivity index is 1.49. The van der Waals surface area contributed by atoms with Crippen molar-refractivity contribution in [2.45, 2.75) is 51.6 Å². The molecule has 1 amide bonds. The third kappa shape index (κ3) is 5.35. The molecule has 2 aromatic rings. The average molecular weight is 381 g/mol. The van der Waals surface area contributed by atoms with Gasteiger partial charge in [0.1, 0.15) is 5.75 Å². The number of benzene rings is 2. The van der Waals surface area contributed by atoms with Crippen LogP contribution in [0.4, 0.5) is 0 Å². The first-order chi connectivity index (χ1) is 13.7. The molecule has 3 rings (SSSR count). The van der Waals surface area contributed by atoms with Crippen LogP contribution in [0.25, 0.3) is 0 Å². The maximum absolute atomic E-state index is 13.0. The summed E-state index contributed by atoms with van der Waals surface area (Å²) in [5.74, 6) is 1.18. The lowest BCUT2D eigenvalue weighted by Crippen LogP contribution is -2.46. The summed E-state index contributed by atoms with van der Waals surface area (Å²) >= 11 is 0. The first-order valence-electron chi connectivity index (χ1n) is 10.5. The van der Waals surface area contributed by atoms with Gasteiger partial charge in [0.05, 0.1) is 12.5 Å². The summed E-state index contributed by atoms with van der Waals surface area (Å²) < 4.78 is 5.58. The van der Waals surface area contributed by atoms with Gasteiger partial charge < -0.3 is 15.0 Å². The number of hydrogen-bond donors (Lipinski definition) is 1. The minimum atomic E-state index is -0.0213. The van der Waals surface area contributed by atoms with Crippen molar-refractivity contribution in [3.63, 3.8) is 0 Å². The first kappa shape index (κ1) is 20.4. The van der Waals surface area contributed by atoms with Gasteiger partial charge in [-0.05, 0) is 49.4 Å². The third-order valence-electron chi connectivity index (χ3n) is 5.52. The molecule has 0 saturated carbocycles. The summed E-state index contributed by atoms with van der Waals surface area (Å²) in [6.45, 7) is 7.28. The van der Waals surface area contributed by atoms with Crippen molar-refractivity contribution in [1.29, 1.82) is 0 Å². The van der Waals surface area contributed by atoms with E-state index in [-0.39, 0.29) is 11.8 Å². The molecule has 28 heavy (non-hydrogen) atoms. The molecule has 1 aliphatic heterocycles. The van der Waals surface area contributed by atoms with Crippen LogP contribution < -0.4 is 10.1 Å². The average Bonchev–Trinajstić information content (AvgIpc) is 2.74. The highest BCUT2D eigenvalue weighted by molar-refractivity contribution is 5.83. The molecule has 4 heteroatoms. The number of carbonyl (C=O) groups is 1. The van der Waals surface area contributed by atoms with Gasteiger partial charge in [0.15, 0.2) is 0 Å². The number of nitrogens with zero attached hydrogens (tertiary/aromatic N) is 1. The van der Waals surface area contributed by atoms with E-state index >= 15 is 0 Å². The summed E-state index contributed by atoms with van der Waals surface area (Å²) in [5.41, 5.74) is 2.36. The van der Waals surface area contributed by atoms with E-state index in [1.165, 1.54) is 5.56 Å². The largest absolute Gasteiger partial charge is 0.494 e. The smallest absolute Gasteiger partial charge is 0.230 e. The number of piperidine rings is 1. The predicted molar refractivity (Wildman–Crippen MR) is 114 cm³/mol. The molecule has 0 radical (unpaired) electrons. The lowest BCUT2D eigenvalue weighted by atomic mass is 9.93. The van der Waals surface area contributed by atoms with Crippen LogP contribution in [0.5, 0.6) is 5.75 Å². The zero-order valence-corrected chi connectivity index (χ0v) is 17.1. The maximum Gasteiger partial charge on any atom is 0.230 e. The van der Waals surface area contributed by atoms with Gasteiger partial charge in [0, 0.05) is 25.7 Å². The zero-order chi connectivity index (χ0) is 19.8. The van der Waals surface area contributed by atoms with E-state index in [1.807, 2.05) is 37.3 Å². The highest BCUT2D eigenvalue weighted by Gasteiger charge is 2.28. The number of hydrogen-bond acceptors (Lipinski definition) is 3. The number of carbonyl (C=O) groups excluding carboxylic acids is 1. The molecule has 2 aromatic carbocycles. The van der Waals surface area contributed by atoms with Crippen molar-refractivity contribution in [1.82, 2.24) is 10.2 Å². The Morgan fingerprint density at radius 1 is 1.11 bits per heavy atom. The number of likely N-dealkylation sites (tertiary alicyclic amines) is 1. The second-order valence-electron chi connectivity index (χ2n) is 7.43.